The molecule has 6 heteroatoms. The molecule has 0 bridgehead atoms. The lowest BCUT2D eigenvalue weighted by Crippen LogP contribution is -1.85. The van der Waals surface area contributed by atoms with Crippen molar-refractivity contribution in [2.45, 2.75) is 0 Å². The lowest BCUT2D eigenvalue weighted by atomic mass is 10.2. The van der Waals surface area contributed by atoms with E-state index in [1.54, 1.807) is 36.5 Å². The number of hydrogen-bond donors (Lipinski definition) is 1. The number of rotatable bonds is 2. The van der Waals surface area contributed by atoms with Crippen LogP contribution in [-0.4, -0.2) is 20.2 Å². The molecule has 0 atom stereocenters. The number of phenolic OH excluding ortho intramolecular Hbond substituents is 1. The van der Waals surface area contributed by atoms with Crippen LogP contribution in [0.2, 0.25) is 0 Å². The maximum Gasteiger partial charge on any atom is 0.278 e. The summed E-state index contributed by atoms with van der Waals surface area (Å²) >= 11 is 3.38. The van der Waals surface area contributed by atoms with E-state index in [-0.39, 0.29) is 5.75 Å². The summed E-state index contributed by atoms with van der Waals surface area (Å²) in [7, 11) is 0. The molecule has 0 fully saturated rings. The monoisotopic (exact) mass is 317 g/mol. The fraction of sp³-hybridized carbons (Fsp3) is 0. The molecule has 3 aromatic rings. The number of aromatic hydroxyl groups is 1. The van der Waals surface area contributed by atoms with Crippen molar-refractivity contribution in [2.75, 3.05) is 0 Å². The summed E-state index contributed by atoms with van der Waals surface area (Å²) in [4.78, 5) is 8.45. The van der Waals surface area contributed by atoms with E-state index in [1.807, 2.05) is 6.07 Å². The molecule has 0 radical (unpaired) electrons. The van der Waals surface area contributed by atoms with Gasteiger partial charge >= 0.3 is 0 Å². The van der Waals surface area contributed by atoms with E-state index in [4.69, 9.17) is 4.52 Å². The lowest BCUT2D eigenvalue weighted by molar-refractivity contribution is 0.430. The van der Waals surface area contributed by atoms with Gasteiger partial charge in [-0.1, -0.05) is 17.3 Å². The summed E-state index contributed by atoms with van der Waals surface area (Å²) in [5.41, 5.74) is 1.27. The summed E-state index contributed by atoms with van der Waals surface area (Å²) in [6.07, 6.45) is 1.65. The lowest BCUT2D eigenvalue weighted by Gasteiger charge is -1.96. The molecule has 0 aliphatic heterocycles. The summed E-state index contributed by atoms with van der Waals surface area (Å²) in [5.74, 6) is 0.886. The molecule has 0 amide bonds. The molecule has 0 aliphatic carbocycles. The Bertz CT molecular complexity index is 727. The van der Waals surface area contributed by atoms with Crippen LogP contribution in [0.3, 0.4) is 0 Å². The molecule has 5 nitrogen and oxygen atoms in total. The highest BCUT2D eigenvalue weighted by molar-refractivity contribution is 9.10. The number of benzene rings is 1. The third-order valence-corrected chi connectivity index (χ3v) is 3.13. The van der Waals surface area contributed by atoms with Gasteiger partial charge in [-0.25, -0.2) is 4.98 Å². The number of pyridine rings is 1. The van der Waals surface area contributed by atoms with E-state index in [9.17, 15) is 5.11 Å². The van der Waals surface area contributed by atoms with Crippen LogP contribution >= 0.6 is 15.9 Å². The van der Waals surface area contributed by atoms with Crippen LogP contribution in [0.5, 0.6) is 5.75 Å². The normalized spacial score (nSPS) is 10.6. The molecule has 0 aliphatic rings. The van der Waals surface area contributed by atoms with E-state index in [1.165, 1.54) is 0 Å². The predicted octanol–water partition coefficient (Wildman–Crippen LogP) is 3.27. The highest BCUT2D eigenvalue weighted by Crippen LogP contribution is 2.27. The van der Waals surface area contributed by atoms with Crippen molar-refractivity contribution in [2.24, 2.45) is 0 Å². The van der Waals surface area contributed by atoms with Gasteiger partial charge in [-0.05, 0) is 40.2 Å². The minimum atomic E-state index is 0.155. The molecular formula is C13H8BrN3O2. The zero-order valence-corrected chi connectivity index (χ0v) is 11.2. The third-order valence-electron chi connectivity index (χ3n) is 2.49. The van der Waals surface area contributed by atoms with Crippen molar-refractivity contribution in [3.05, 3.63) is 47.1 Å². The van der Waals surface area contributed by atoms with E-state index < -0.39 is 0 Å². The van der Waals surface area contributed by atoms with Gasteiger partial charge in [0.25, 0.3) is 5.89 Å². The standard InChI is InChI=1S/C13H8BrN3O2/c14-10-5-2-6-15-11(10)13-16-12(17-19-13)8-3-1-4-9(18)7-8/h1-7,18H. The first-order valence-electron chi connectivity index (χ1n) is 5.48. The Labute approximate surface area is 117 Å². The van der Waals surface area contributed by atoms with Gasteiger partial charge in [0, 0.05) is 16.2 Å². The van der Waals surface area contributed by atoms with Gasteiger partial charge in [0.15, 0.2) is 0 Å². The maximum absolute atomic E-state index is 9.44. The molecular weight excluding hydrogens is 310 g/mol. The number of phenols is 1. The van der Waals surface area contributed by atoms with Crippen molar-refractivity contribution in [1.82, 2.24) is 15.1 Å². The minimum Gasteiger partial charge on any atom is -0.508 e. The Balaban J connectivity index is 2.03. The number of halogens is 1. The second kappa shape index (κ2) is 4.81. The van der Waals surface area contributed by atoms with Crippen LogP contribution in [0.4, 0.5) is 0 Å². The Kier molecular flexibility index (Phi) is 3.00. The fourth-order valence-corrected chi connectivity index (χ4v) is 2.05. The number of aromatic nitrogens is 3. The van der Waals surface area contributed by atoms with Crippen molar-refractivity contribution in [3.63, 3.8) is 0 Å². The van der Waals surface area contributed by atoms with Crippen molar-refractivity contribution < 1.29 is 9.63 Å². The molecule has 19 heavy (non-hydrogen) atoms. The van der Waals surface area contributed by atoms with Crippen LogP contribution in [0, 0.1) is 0 Å². The van der Waals surface area contributed by atoms with Gasteiger partial charge in [0.2, 0.25) is 5.82 Å². The van der Waals surface area contributed by atoms with E-state index in [0.717, 1.165) is 4.47 Å². The average molecular weight is 318 g/mol. The van der Waals surface area contributed by atoms with E-state index >= 15 is 0 Å². The first-order valence-corrected chi connectivity index (χ1v) is 6.27. The molecule has 0 unspecified atom stereocenters. The Morgan fingerprint density at radius 2 is 2.05 bits per heavy atom. The first kappa shape index (κ1) is 11.9. The molecule has 0 saturated heterocycles. The quantitative estimate of drug-likeness (QED) is 0.785. The molecule has 94 valence electrons. The first-order chi connectivity index (χ1) is 9.24. The summed E-state index contributed by atoms with van der Waals surface area (Å²) in [6.45, 7) is 0. The van der Waals surface area contributed by atoms with Gasteiger partial charge in [-0.2, -0.15) is 4.98 Å². The second-order valence-corrected chi connectivity index (χ2v) is 4.66. The van der Waals surface area contributed by atoms with Gasteiger partial charge in [-0.3, -0.25) is 0 Å². The predicted molar refractivity (Wildman–Crippen MR) is 72.3 cm³/mol. The van der Waals surface area contributed by atoms with Crippen molar-refractivity contribution in [3.8, 4) is 28.7 Å². The molecule has 1 N–H and O–H groups in total. The van der Waals surface area contributed by atoms with Crippen LogP contribution in [0.1, 0.15) is 0 Å². The SMILES string of the molecule is Oc1cccc(-c2noc(-c3ncccc3Br)n2)c1. The molecule has 2 heterocycles. The highest BCUT2D eigenvalue weighted by atomic mass is 79.9. The van der Waals surface area contributed by atoms with Crippen molar-refractivity contribution >= 4 is 15.9 Å². The van der Waals surface area contributed by atoms with Crippen LogP contribution in [-0.2, 0) is 0 Å². The van der Waals surface area contributed by atoms with Gasteiger partial charge in [-0.15, -0.1) is 0 Å². The van der Waals surface area contributed by atoms with Crippen LogP contribution < -0.4 is 0 Å². The van der Waals surface area contributed by atoms with Gasteiger partial charge < -0.3 is 9.63 Å². The summed E-state index contributed by atoms with van der Waals surface area (Å²) < 4.78 is 5.97. The maximum atomic E-state index is 9.44. The average Bonchev–Trinajstić information content (AvgIpc) is 2.89. The minimum absolute atomic E-state index is 0.155. The van der Waals surface area contributed by atoms with E-state index in [0.29, 0.717) is 23.0 Å². The molecule has 2 aromatic heterocycles. The Morgan fingerprint density at radius 1 is 1.16 bits per heavy atom. The largest absolute Gasteiger partial charge is 0.508 e. The Hall–Kier alpha value is -2.21. The smallest absolute Gasteiger partial charge is 0.278 e. The zero-order chi connectivity index (χ0) is 13.2. The highest BCUT2D eigenvalue weighted by Gasteiger charge is 2.14. The van der Waals surface area contributed by atoms with E-state index in [2.05, 4.69) is 31.1 Å². The third kappa shape index (κ3) is 2.34. The molecule has 3 rings (SSSR count). The zero-order valence-electron chi connectivity index (χ0n) is 9.62. The fourth-order valence-electron chi connectivity index (χ4n) is 1.62. The molecule has 0 saturated carbocycles. The summed E-state index contributed by atoms with van der Waals surface area (Å²) in [5, 5.41) is 13.3. The second-order valence-electron chi connectivity index (χ2n) is 3.81. The van der Waals surface area contributed by atoms with Crippen molar-refractivity contribution in [1.29, 1.82) is 0 Å². The summed E-state index contributed by atoms with van der Waals surface area (Å²) in [6, 6.07) is 10.3. The molecule has 0 spiro atoms. The Morgan fingerprint density at radius 3 is 2.84 bits per heavy atom. The van der Waals surface area contributed by atoms with Gasteiger partial charge in [0.1, 0.15) is 11.4 Å². The topological polar surface area (TPSA) is 72.0 Å². The number of nitrogens with zero attached hydrogens (tertiary/aromatic N) is 3. The van der Waals surface area contributed by atoms with Crippen LogP contribution in [0.25, 0.3) is 23.0 Å². The van der Waals surface area contributed by atoms with Gasteiger partial charge in [0.05, 0.1) is 0 Å². The molecule has 1 aromatic carbocycles. The van der Waals surface area contributed by atoms with Crippen LogP contribution in [0.15, 0.2) is 51.6 Å². The number of hydrogen-bond acceptors (Lipinski definition) is 5.